The van der Waals surface area contributed by atoms with Gasteiger partial charge in [0.25, 0.3) is 11.5 Å². The summed E-state index contributed by atoms with van der Waals surface area (Å²) in [4.78, 5) is 46.4. The molecule has 1 amide bonds. The Morgan fingerprint density at radius 2 is 1.91 bits per heavy atom. The first-order valence-electron chi connectivity index (χ1n) is 9.66. The number of carbonyl (C=O) groups excluding carboxylic acids is 1. The van der Waals surface area contributed by atoms with Gasteiger partial charge < -0.3 is 11.1 Å². The van der Waals surface area contributed by atoms with Crippen molar-refractivity contribution in [3.05, 3.63) is 98.3 Å². The number of benzene rings is 1. The number of carbonyl (C=O) groups is 1. The van der Waals surface area contributed by atoms with E-state index in [1.165, 1.54) is 42.1 Å². The first-order valence-corrected chi connectivity index (χ1v) is 9.66. The average Bonchev–Trinajstić information content (AvgIpc) is 2.79. The summed E-state index contributed by atoms with van der Waals surface area (Å²) in [5.41, 5.74) is 5.91. The van der Waals surface area contributed by atoms with E-state index in [-0.39, 0.29) is 29.7 Å². The smallest absolute Gasteiger partial charge is 0.331 e. The number of aromatic nitrogens is 4. The number of pyridine rings is 2. The fraction of sp³-hybridized carbons (Fsp3) is 0.136. The summed E-state index contributed by atoms with van der Waals surface area (Å²) in [5, 5.41) is 2.85. The Balaban J connectivity index is 1.68. The zero-order valence-electron chi connectivity index (χ0n) is 17.1. The van der Waals surface area contributed by atoms with Crippen molar-refractivity contribution in [1.82, 2.24) is 24.4 Å². The molecule has 0 fully saturated rings. The molecule has 162 valence electrons. The van der Waals surface area contributed by atoms with Crippen LogP contribution >= 0.6 is 0 Å². The fourth-order valence-corrected chi connectivity index (χ4v) is 3.30. The number of amides is 1. The van der Waals surface area contributed by atoms with Crippen LogP contribution in [0.15, 0.2) is 64.4 Å². The highest BCUT2D eigenvalue weighted by molar-refractivity contribution is 5.95. The standard InChI is InChI=1S/C22H19FN6O3/c1-28-18-11-25-17(20(30)27-10-14-5-6-19(24)26-9-14)8-16(18)21(31)29(22(28)32)12-13-3-2-4-15(23)7-13/h2-9,11H,10,12H2,1H3,(H2,24,26)(H,27,30). The van der Waals surface area contributed by atoms with Gasteiger partial charge in [-0.05, 0) is 35.4 Å². The quantitative estimate of drug-likeness (QED) is 0.486. The minimum Gasteiger partial charge on any atom is -0.384 e. The summed E-state index contributed by atoms with van der Waals surface area (Å²) in [5.74, 6) is -0.585. The second kappa shape index (κ2) is 8.42. The van der Waals surface area contributed by atoms with E-state index in [1.807, 2.05) is 0 Å². The number of nitrogens with one attached hydrogen (secondary N) is 1. The molecule has 4 rings (SSSR count). The summed E-state index contributed by atoms with van der Waals surface area (Å²) < 4.78 is 15.8. The molecule has 3 aromatic heterocycles. The molecule has 0 spiro atoms. The minimum atomic E-state index is -0.591. The number of aryl methyl sites for hydroxylation is 1. The Morgan fingerprint density at radius 3 is 2.62 bits per heavy atom. The van der Waals surface area contributed by atoms with Gasteiger partial charge in [-0.2, -0.15) is 0 Å². The zero-order valence-corrected chi connectivity index (χ0v) is 17.1. The molecule has 0 saturated carbocycles. The second-order valence-electron chi connectivity index (χ2n) is 7.22. The Hall–Kier alpha value is -4.34. The van der Waals surface area contributed by atoms with Crippen LogP contribution in [-0.4, -0.2) is 25.0 Å². The lowest BCUT2D eigenvalue weighted by Gasteiger charge is -2.12. The van der Waals surface area contributed by atoms with Crippen molar-refractivity contribution in [2.45, 2.75) is 13.1 Å². The van der Waals surface area contributed by atoms with E-state index in [4.69, 9.17) is 5.73 Å². The predicted molar refractivity (Wildman–Crippen MR) is 117 cm³/mol. The van der Waals surface area contributed by atoms with Crippen molar-refractivity contribution in [2.75, 3.05) is 5.73 Å². The van der Waals surface area contributed by atoms with Crippen LogP contribution in [0.3, 0.4) is 0 Å². The van der Waals surface area contributed by atoms with E-state index in [0.717, 1.165) is 10.1 Å². The van der Waals surface area contributed by atoms with Crippen molar-refractivity contribution >= 4 is 22.6 Å². The van der Waals surface area contributed by atoms with Gasteiger partial charge in [0.2, 0.25) is 0 Å². The first kappa shape index (κ1) is 20.9. The van der Waals surface area contributed by atoms with Gasteiger partial charge in [-0.25, -0.2) is 19.2 Å². The molecule has 0 aliphatic rings. The molecule has 0 atom stereocenters. The number of halogens is 1. The van der Waals surface area contributed by atoms with Crippen LogP contribution in [0.4, 0.5) is 10.2 Å². The summed E-state index contributed by atoms with van der Waals surface area (Å²) in [7, 11) is 1.50. The number of rotatable bonds is 5. The summed E-state index contributed by atoms with van der Waals surface area (Å²) >= 11 is 0. The molecule has 0 radical (unpaired) electrons. The van der Waals surface area contributed by atoms with E-state index in [9.17, 15) is 18.8 Å². The lowest BCUT2D eigenvalue weighted by molar-refractivity contribution is 0.0946. The molecule has 0 aliphatic heterocycles. The number of hydrogen-bond acceptors (Lipinski definition) is 6. The van der Waals surface area contributed by atoms with Gasteiger partial charge in [0.15, 0.2) is 0 Å². The molecule has 0 saturated heterocycles. The maximum absolute atomic E-state index is 13.5. The molecule has 4 aromatic rings. The number of nitrogen functional groups attached to an aromatic ring is 1. The maximum Gasteiger partial charge on any atom is 0.331 e. The van der Waals surface area contributed by atoms with Crippen molar-refractivity contribution in [1.29, 1.82) is 0 Å². The van der Waals surface area contributed by atoms with Gasteiger partial charge in [-0.3, -0.25) is 18.7 Å². The summed E-state index contributed by atoms with van der Waals surface area (Å²) in [6, 6.07) is 10.4. The van der Waals surface area contributed by atoms with Crippen LogP contribution < -0.4 is 22.3 Å². The van der Waals surface area contributed by atoms with Crippen LogP contribution in [0.25, 0.3) is 10.9 Å². The molecule has 9 nitrogen and oxygen atoms in total. The van der Waals surface area contributed by atoms with Crippen molar-refractivity contribution in [2.24, 2.45) is 7.05 Å². The number of nitrogens with zero attached hydrogens (tertiary/aromatic N) is 4. The van der Waals surface area contributed by atoms with E-state index in [2.05, 4.69) is 15.3 Å². The third kappa shape index (κ3) is 4.10. The monoisotopic (exact) mass is 434 g/mol. The largest absolute Gasteiger partial charge is 0.384 e. The van der Waals surface area contributed by atoms with Crippen molar-refractivity contribution < 1.29 is 9.18 Å². The average molecular weight is 434 g/mol. The number of hydrogen-bond donors (Lipinski definition) is 2. The maximum atomic E-state index is 13.5. The highest BCUT2D eigenvalue weighted by atomic mass is 19.1. The molecular weight excluding hydrogens is 415 g/mol. The lowest BCUT2D eigenvalue weighted by atomic mass is 10.2. The number of fused-ring (bicyclic) bond motifs is 1. The van der Waals surface area contributed by atoms with Crippen LogP contribution in [0.2, 0.25) is 0 Å². The number of anilines is 1. The normalized spacial score (nSPS) is 10.9. The van der Waals surface area contributed by atoms with Gasteiger partial charge in [-0.1, -0.05) is 18.2 Å². The van der Waals surface area contributed by atoms with Crippen LogP contribution in [-0.2, 0) is 20.1 Å². The van der Waals surface area contributed by atoms with Gasteiger partial charge in [-0.15, -0.1) is 0 Å². The highest BCUT2D eigenvalue weighted by Gasteiger charge is 2.15. The third-order valence-electron chi connectivity index (χ3n) is 5.00. The minimum absolute atomic E-state index is 0.0222. The SMILES string of the molecule is Cn1c(=O)n(Cc2cccc(F)c2)c(=O)c2cc(C(=O)NCc3ccc(N)nc3)ncc21. The summed E-state index contributed by atoms with van der Waals surface area (Å²) in [6.45, 7) is 0.0934. The third-order valence-corrected chi connectivity index (χ3v) is 5.00. The Bertz CT molecular complexity index is 1440. The Labute approximate surface area is 181 Å². The molecule has 10 heteroatoms. The molecule has 3 N–H and O–H groups in total. The second-order valence-corrected chi connectivity index (χ2v) is 7.22. The molecule has 0 unspecified atom stereocenters. The Kier molecular flexibility index (Phi) is 5.50. The molecule has 32 heavy (non-hydrogen) atoms. The van der Waals surface area contributed by atoms with E-state index < -0.39 is 23.0 Å². The molecule has 1 aromatic carbocycles. The van der Waals surface area contributed by atoms with Gasteiger partial charge in [0, 0.05) is 19.8 Å². The number of nitrogens with two attached hydrogens (primary N) is 1. The Morgan fingerprint density at radius 1 is 1.09 bits per heavy atom. The highest BCUT2D eigenvalue weighted by Crippen LogP contribution is 2.10. The molecule has 3 heterocycles. The topological polar surface area (TPSA) is 125 Å². The van der Waals surface area contributed by atoms with Crippen molar-refractivity contribution in [3.63, 3.8) is 0 Å². The molecule has 0 aliphatic carbocycles. The van der Waals surface area contributed by atoms with E-state index in [1.54, 1.807) is 24.4 Å². The van der Waals surface area contributed by atoms with E-state index in [0.29, 0.717) is 11.4 Å². The lowest BCUT2D eigenvalue weighted by Crippen LogP contribution is -2.39. The van der Waals surface area contributed by atoms with Crippen LogP contribution in [0.1, 0.15) is 21.6 Å². The molecule has 0 bridgehead atoms. The summed E-state index contributed by atoms with van der Waals surface area (Å²) in [6.07, 6.45) is 2.86. The predicted octanol–water partition coefficient (Wildman–Crippen LogP) is 1.19. The van der Waals surface area contributed by atoms with Gasteiger partial charge >= 0.3 is 5.69 Å². The van der Waals surface area contributed by atoms with E-state index >= 15 is 0 Å². The fourth-order valence-electron chi connectivity index (χ4n) is 3.30. The van der Waals surface area contributed by atoms with Crippen LogP contribution in [0, 0.1) is 5.82 Å². The molecular formula is C22H19FN6O3. The van der Waals surface area contributed by atoms with Crippen LogP contribution in [0.5, 0.6) is 0 Å². The van der Waals surface area contributed by atoms with Crippen molar-refractivity contribution in [3.8, 4) is 0 Å². The van der Waals surface area contributed by atoms with Gasteiger partial charge in [0.1, 0.15) is 17.3 Å². The van der Waals surface area contributed by atoms with Gasteiger partial charge in [0.05, 0.1) is 23.6 Å². The first-order chi connectivity index (χ1) is 15.3. The zero-order chi connectivity index (χ0) is 22.8.